The lowest BCUT2D eigenvalue weighted by Crippen LogP contribution is -2.22. The van der Waals surface area contributed by atoms with Gasteiger partial charge in [0.05, 0.1) is 12.8 Å². The molecule has 5 heteroatoms. The van der Waals surface area contributed by atoms with Crippen LogP contribution < -0.4 is 0 Å². The Morgan fingerprint density at radius 3 is 2.57 bits per heavy atom. The average Bonchev–Trinajstić information content (AvgIpc) is 3.16. The van der Waals surface area contributed by atoms with E-state index >= 15 is 0 Å². The fourth-order valence-corrected chi connectivity index (χ4v) is 3.43. The molecule has 2 nitrogen and oxygen atoms in total. The fraction of sp³-hybridized carbons (Fsp3) is 0.222. The van der Waals surface area contributed by atoms with E-state index in [2.05, 4.69) is 19.1 Å². The van der Waals surface area contributed by atoms with Crippen LogP contribution in [0.3, 0.4) is 0 Å². The number of hydrogen-bond acceptors (Lipinski definition) is 3. The summed E-state index contributed by atoms with van der Waals surface area (Å²) in [4.78, 5) is 4.46. The summed E-state index contributed by atoms with van der Waals surface area (Å²) in [5.41, 5.74) is 0.352. The van der Waals surface area contributed by atoms with E-state index in [1.807, 2.05) is 17.0 Å². The smallest absolute Gasteiger partial charge is 0.163 e. The van der Waals surface area contributed by atoms with Crippen LogP contribution in [0.4, 0.5) is 8.78 Å². The van der Waals surface area contributed by atoms with Crippen LogP contribution in [0.25, 0.3) is 0 Å². The molecule has 0 atom stereocenters. The Kier molecular flexibility index (Phi) is 4.88. The highest BCUT2D eigenvalue weighted by molar-refractivity contribution is 7.11. The van der Waals surface area contributed by atoms with Crippen molar-refractivity contribution in [2.24, 2.45) is 0 Å². The van der Waals surface area contributed by atoms with E-state index in [1.165, 1.54) is 15.8 Å². The van der Waals surface area contributed by atoms with Crippen molar-refractivity contribution < 1.29 is 13.2 Å². The number of rotatable bonds is 6. The van der Waals surface area contributed by atoms with Gasteiger partial charge in [0.1, 0.15) is 5.76 Å². The zero-order valence-electron chi connectivity index (χ0n) is 12.8. The molecule has 0 saturated carbocycles. The second-order valence-electron chi connectivity index (χ2n) is 5.45. The zero-order chi connectivity index (χ0) is 16.2. The average molecular weight is 333 g/mol. The van der Waals surface area contributed by atoms with Crippen molar-refractivity contribution in [2.75, 3.05) is 0 Å². The Bertz CT molecular complexity index is 767. The van der Waals surface area contributed by atoms with Gasteiger partial charge in [0, 0.05) is 28.4 Å². The third-order valence-electron chi connectivity index (χ3n) is 3.56. The molecule has 3 rings (SSSR count). The highest BCUT2D eigenvalue weighted by atomic mass is 32.1. The number of thiophene rings is 1. The number of hydrogen-bond donors (Lipinski definition) is 0. The summed E-state index contributed by atoms with van der Waals surface area (Å²) in [5, 5.41) is 0. The largest absolute Gasteiger partial charge is 0.468 e. The number of halogens is 2. The molecule has 0 radical (unpaired) electrons. The third kappa shape index (κ3) is 4.06. The molecule has 0 fully saturated rings. The topological polar surface area (TPSA) is 16.4 Å². The molecule has 1 aromatic carbocycles. The molecular formula is C18H17F2NOS. The molecule has 120 valence electrons. The summed E-state index contributed by atoms with van der Waals surface area (Å²) in [7, 11) is 0. The number of nitrogens with zero attached hydrogens (tertiary/aromatic N) is 1. The Morgan fingerprint density at radius 2 is 1.87 bits per heavy atom. The second-order valence-corrected chi connectivity index (χ2v) is 6.82. The Balaban J connectivity index is 1.80. The van der Waals surface area contributed by atoms with Crippen molar-refractivity contribution in [1.29, 1.82) is 0 Å². The molecular weight excluding hydrogens is 316 g/mol. The first-order valence-electron chi connectivity index (χ1n) is 7.35. The molecule has 0 N–H and O–H groups in total. The van der Waals surface area contributed by atoms with E-state index in [1.54, 1.807) is 23.7 Å². The summed E-state index contributed by atoms with van der Waals surface area (Å²) < 4.78 is 32.8. The van der Waals surface area contributed by atoms with E-state index < -0.39 is 11.6 Å². The molecule has 0 amide bonds. The number of aryl methyl sites for hydroxylation is 1. The summed E-state index contributed by atoms with van der Waals surface area (Å²) in [6.45, 7) is 3.58. The van der Waals surface area contributed by atoms with E-state index in [4.69, 9.17) is 4.42 Å². The minimum absolute atomic E-state index is 0.321. The lowest BCUT2D eigenvalue weighted by Gasteiger charge is -2.21. The van der Waals surface area contributed by atoms with Crippen LogP contribution >= 0.6 is 11.3 Å². The van der Waals surface area contributed by atoms with Crippen LogP contribution in [-0.4, -0.2) is 4.90 Å². The normalized spacial score (nSPS) is 11.3. The summed E-state index contributed by atoms with van der Waals surface area (Å²) in [5.74, 6) is -0.790. The standard InChI is InChI=1S/C18H17F2NOS/c1-13-7-8-16(23-13)12-21(11-15-5-3-9-22-15)10-14-4-2-6-17(19)18(14)20/h2-9H,10-12H2,1H3. The van der Waals surface area contributed by atoms with Gasteiger partial charge in [-0.05, 0) is 37.3 Å². The minimum atomic E-state index is -0.813. The van der Waals surface area contributed by atoms with Crippen LogP contribution in [0.5, 0.6) is 0 Å². The van der Waals surface area contributed by atoms with Crippen LogP contribution in [0.1, 0.15) is 21.1 Å². The molecule has 2 heterocycles. The van der Waals surface area contributed by atoms with Gasteiger partial charge in [-0.25, -0.2) is 8.78 Å². The zero-order valence-corrected chi connectivity index (χ0v) is 13.6. The molecule has 0 aliphatic heterocycles. The van der Waals surface area contributed by atoms with Gasteiger partial charge in [0.2, 0.25) is 0 Å². The molecule has 3 aromatic rings. The first kappa shape index (κ1) is 15.9. The van der Waals surface area contributed by atoms with Crippen molar-refractivity contribution >= 4 is 11.3 Å². The molecule has 0 aliphatic carbocycles. The van der Waals surface area contributed by atoms with Crippen molar-refractivity contribution in [2.45, 2.75) is 26.6 Å². The molecule has 0 spiro atoms. The Labute approximate surface area is 138 Å². The van der Waals surface area contributed by atoms with Gasteiger partial charge in [0.15, 0.2) is 11.6 Å². The van der Waals surface area contributed by atoms with E-state index in [0.29, 0.717) is 25.2 Å². The van der Waals surface area contributed by atoms with Crippen molar-refractivity contribution in [3.63, 3.8) is 0 Å². The number of furan rings is 1. The maximum atomic E-state index is 14.0. The van der Waals surface area contributed by atoms with Crippen molar-refractivity contribution in [3.05, 3.63) is 81.4 Å². The molecule has 2 aromatic heterocycles. The van der Waals surface area contributed by atoms with Gasteiger partial charge in [-0.15, -0.1) is 11.3 Å². The van der Waals surface area contributed by atoms with Gasteiger partial charge in [0.25, 0.3) is 0 Å². The lowest BCUT2D eigenvalue weighted by molar-refractivity contribution is 0.225. The predicted octanol–water partition coefficient (Wildman–Crippen LogP) is 5.13. The SMILES string of the molecule is Cc1ccc(CN(Cc2ccco2)Cc2cccc(F)c2F)s1. The van der Waals surface area contributed by atoms with E-state index in [9.17, 15) is 8.78 Å². The van der Waals surface area contributed by atoms with Crippen LogP contribution in [0.2, 0.25) is 0 Å². The number of benzene rings is 1. The van der Waals surface area contributed by atoms with Crippen molar-refractivity contribution in [1.82, 2.24) is 4.90 Å². The van der Waals surface area contributed by atoms with Gasteiger partial charge in [-0.1, -0.05) is 12.1 Å². The van der Waals surface area contributed by atoms with Gasteiger partial charge in [-0.3, -0.25) is 4.90 Å². The maximum Gasteiger partial charge on any atom is 0.163 e. The highest BCUT2D eigenvalue weighted by Gasteiger charge is 2.15. The lowest BCUT2D eigenvalue weighted by atomic mass is 10.2. The van der Waals surface area contributed by atoms with Crippen molar-refractivity contribution in [3.8, 4) is 0 Å². The Hall–Kier alpha value is -1.98. The monoisotopic (exact) mass is 333 g/mol. The molecule has 0 bridgehead atoms. The van der Waals surface area contributed by atoms with Crippen LogP contribution in [0, 0.1) is 18.6 Å². The van der Waals surface area contributed by atoms with E-state index in [-0.39, 0.29) is 0 Å². The van der Waals surface area contributed by atoms with Crippen LogP contribution in [0.15, 0.2) is 53.1 Å². The fourth-order valence-electron chi connectivity index (χ4n) is 2.49. The molecule has 23 heavy (non-hydrogen) atoms. The van der Waals surface area contributed by atoms with Gasteiger partial charge >= 0.3 is 0 Å². The predicted molar refractivity (Wildman–Crippen MR) is 87.1 cm³/mol. The molecule has 0 aliphatic rings. The summed E-state index contributed by atoms with van der Waals surface area (Å²) in [6, 6.07) is 12.1. The van der Waals surface area contributed by atoms with Gasteiger partial charge in [-0.2, -0.15) is 0 Å². The first-order valence-corrected chi connectivity index (χ1v) is 8.16. The highest BCUT2D eigenvalue weighted by Crippen LogP contribution is 2.21. The quantitative estimate of drug-likeness (QED) is 0.622. The maximum absolute atomic E-state index is 14.0. The summed E-state index contributed by atoms with van der Waals surface area (Å²) >= 11 is 1.71. The van der Waals surface area contributed by atoms with Crippen LogP contribution in [-0.2, 0) is 19.6 Å². The van der Waals surface area contributed by atoms with Gasteiger partial charge < -0.3 is 4.42 Å². The Morgan fingerprint density at radius 1 is 1.00 bits per heavy atom. The molecule has 0 unspecified atom stereocenters. The minimum Gasteiger partial charge on any atom is -0.468 e. The van der Waals surface area contributed by atoms with E-state index in [0.717, 1.165) is 11.8 Å². The first-order chi connectivity index (χ1) is 11.1. The second kappa shape index (κ2) is 7.06. The third-order valence-corrected chi connectivity index (χ3v) is 4.55. The summed E-state index contributed by atoms with van der Waals surface area (Å²) in [6.07, 6.45) is 1.62. The molecule has 0 saturated heterocycles.